The van der Waals surface area contributed by atoms with Crippen molar-refractivity contribution in [3.8, 4) is 0 Å². The molecule has 1 aromatic carbocycles. The van der Waals surface area contributed by atoms with Crippen LogP contribution in [0.4, 0.5) is 0 Å². The maximum Gasteiger partial charge on any atom is 0.209 e. The van der Waals surface area contributed by atoms with E-state index in [0.717, 1.165) is 19.4 Å². The number of benzene rings is 1. The van der Waals surface area contributed by atoms with Gasteiger partial charge < -0.3 is 5.32 Å². The molecule has 106 valence electrons. The lowest BCUT2D eigenvalue weighted by molar-refractivity contribution is 0.292. The Labute approximate surface area is 115 Å². The molecule has 4 nitrogen and oxygen atoms in total. The summed E-state index contributed by atoms with van der Waals surface area (Å²) in [4.78, 5) is 0. The first kappa shape index (κ1) is 14.5. The molecule has 0 aliphatic heterocycles. The van der Waals surface area contributed by atoms with Gasteiger partial charge in [0.15, 0.2) is 0 Å². The van der Waals surface area contributed by atoms with Crippen molar-refractivity contribution in [2.45, 2.75) is 38.1 Å². The zero-order valence-electron chi connectivity index (χ0n) is 11.3. The normalized spacial score (nSPS) is 23.1. The number of hydrogen-bond donors (Lipinski definition) is 2. The highest BCUT2D eigenvalue weighted by molar-refractivity contribution is 7.89. The summed E-state index contributed by atoms with van der Waals surface area (Å²) in [7, 11) is -3.31. The molecule has 5 heteroatoms. The summed E-state index contributed by atoms with van der Waals surface area (Å²) in [5, 5.41) is 8.34. The Morgan fingerprint density at radius 1 is 1.26 bits per heavy atom. The summed E-state index contributed by atoms with van der Waals surface area (Å²) in [5.74, 6) is 0.713. The third-order valence-corrected chi connectivity index (χ3v) is 4.58. The lowest BCUT2D eigenvalue weighted by Crippen LogP contribution is -2.41. The van der Waals surface area contributed by atoms with Crippen LogP contribution in [0.1, 0.15) is 36.3 Å². The average molecular weight is 282 g/mol. The number of nitrogens with two attached hydrogens (primary N) is 1. The van der Waals surface area contributed by atoms with Crippen LogP contribution in [0.15, 0.2) is 24.3 Å². The molecule has 1 aliphatic carbocycles. The lowest BCUT2D eigenvalue weighted by Gasteiger charge is -2.36. The largest absolute Gasteiger partial charge is 0.314 e. The molecule has 0 amide bonds. The van der Waals surface area contributed by atoms with E-state index in [1.54, 1.807) is 0 Å². The number of sulfonamides is 1. The van der Waals surface area contributed by atoms with E-state index >= 15 is 0 Å². The predicted octanol–water partition coefficient (Wildman–Crippen LogP) is 1.51. The van der Waals surface area contributed by atoms with E-state index in [0.29, 0.717) is 18.4 Å². The summed E-state index contributed by atoms with van der Waals surface area (Å²) < 4.78 is 21.5. The fourth-order valence-electron chi connectivity index (χ4n) is 2.47. The molecule has 0 heterocycles. The molecule has 0 unspecified atom stereocenters. The predicted molar refractivity (Wildman–Crippen MR) is 77.5 cm³/mol. The Morgan fingerprint density at radius 3 is 2.47 bits per heavy atom. The van der Waals surface area contributed by atoms with Gasteiger partial charge in [0.2, 0.25) is 10.0 Å². The second kappa shape index (κ2) is 6.03. The van der Waals surface area contributed by atoms with E-state index in [9.17, 15) is 8.42 Å². The molecule has 0 bridgehead atoms. The van der Waals surface area contributed by atoms with Crippen molar-refractivity contribution in [3.63, 3.8) is 0 Å². The molecule has 1 aromatic rings. The molecule has 0 saturated heterocycles. The van der Waals surface area contributed by atoms with Gasteiger partial charge >= 0.3 is 0 Å². The highest BCUT2D eigenvalue weighted by atomic mass is 32.2. The van der Waals surface area contributed by atoms with E-state index < -0.39 is 10.0 Å². The van der Waals surface area contributed by atoms with Gasteiger partial charge in [-0.05, 0) is 44.2 Å². The standard InChI is InChI=1S/C14H22N2O2S/c1-11-3-5-12(6-4-11)13-9-14(10-13)16-7-2-8-19(15,17)18/h3-6,13-14,16H,2,7-10H2,1H3,(H2,15,17,18). The maximum absolute atomic E-state index is 10.8. The molecule has 1 saturated carbocycles. The monoisotopic (exact) mass is 282 g/mol. The molecule has 2 rings (SSSR count). The van der Waals surface area contributed by atoms with Crippen LogP contribution < -0.4 is 10.5 Å². The Kier molecular flexibility index (Phi) is 4.60. The van der Waals surface area contributed by atoms with Gasteiger partial charge in [0.05, 0.1) is 5.75 Å². The molecular weight excluding hydrogens is 260 g/mol. The van der Waals surface area contributed by atoms with Crippen molar-refractivity contribution in [2.24, 2.45) is 5.14 Å². The van der Waals surface area contributed by atoms with Crippen LogP contribution in [-0.4, -0.2) is 26.8 Å². The summed E-state index contributed by atoms with van der Waals surface area (Å²) in [6, 6.07) is 9.24. The average Bonchev–Trinajstić information content (AvgIpc) is 2.27. The van der Waals surface area contributed by atoms with Gasteiger partial charge in [-0.25, -0.2) is 13.6 Å². The topological polar surface area (TPSA) is 72.2 Å². The van der Waals surface area contributed by atoms with Crippen molar-refractivity contribution in [3.05, 3.63) is 35.4 Å². The molecule has 1 aliphatic rings. The third kappa shape index (κ3) is 4.60. The van der Waals surface area contributed by atoms with E-state index in [1.807, 2.05) is 0 Å². The highest BCUT2D eigenvalue weighted by Gasteiger charge is 2.29. The minimum atomic E-state index is -3.31. The highest BCUT2D eigenvalue weighted by Crippen LogP contribution is 2.36. The number of rotatable bonds is 6. The number of aryl methyl sites for hydroxylation is 1. The Hall–Kier alpha value is -0.910. The van der Waals surface area contributed by atoms with E-state index in [1.165, 1.54) is 11.1 Å². The molecule has 0 spiro atoms. The van der Waals surface area contributed by atoms with Crippen LogP contribution in [0.2, 0.25) is 0 Å². The number of primary sulfonamides is 1. The van der Waals surface area contributed by atoms with E-state index in [4.69, 9.17) is 5.14 Å². The van der Waals surface area contributed by atoms with Crippen molar-refractivity contribution < 1.29 is 8.42 Å². The van der Waals surface area contributed by atoms with Crippen LogP contribution in [0.25, 0.3) is 0 Å². The third-order valence-electron chi connectivity index (χ3n) is 3.73. The van der Waals surface area contributed by atoms with E-state index in [-0.39, 0.29) is 5.75 Å². The van der Waals surface area contributed by atoms with Crippen LogP contribution in [0.5, 0.6) is 0 Å². The number of nitrogens with one attached hydrogen (secondary N) is 1. The summed E-state index contributed by atoms with van der Waals surface area (Å²) >= 11 is 0. The van der Waals surface area contributed by atoms with Crippen LogP contribution >= 0.6 is 0 Å². The first-order chi connectivity index (χ1) is 8.94. The molecule has 3 N–H and O–H groups in total. The zero-order chi connectivity index (χ0) is 13.9. The quantitative estimate of drug-likeness (QED) is 0.777. The smallest absolute Gasteiger partial charge is 0.209 e. The van der Waals surface area contributed by atoms with Gasteiger partial charge in [-0.3, -0.25) is 0 Å². The second-order valence-corrected chi connectivity index (χ2v) is 7.18. The van der Waals surface area contributed by atoms with Crippen LogP contribution in [0.3, 0.4) is 0 Å². The van der Waals surface area contributed by atoms with Gasteiger partial charge in [0.1, 0.15) is 0 Å². The first-order valence-corrected chi connectivity index (χ1v) is 8.46. The van der Waals surface area contributed by atoms with Crippen molar-refractivity contribution >= 4 is 10.0 Å². The fourth-order valence-corrected chi connectivity index (χ4v) is 3.02. The SMILES string of the molecule is Cc1ccc(C2CC(NCCCS(N)(=O)=O)C2)cc1. The first-order valence-electron chi connectivity index (χ1n) is 6.74. The van der Waals surface area contributed by atoms with Crippen molar-refractivity contribution in [1.82, 2.24) is 5.32 Å². The van der Waals surface area contributed by atoms with Crippen molar-refractivity contribution in [1.29, 1.82) is 0 Å². The molecule has 0 radical (unpaired) electrons. The van der Waals surface area contributed by atoms with Gasteiger partial charge in [0, 0.05) is 6.04 Å². The minimum Gasteiger partial charge on any atom is -0.314 e. The maximum atomic E-state index is 10.8. The molecule has 1 fully saturated rings. The van der Waals surface area contributed by atoms with Crippen molar-refractivity contribution in [2.75, 3.05) is 12.3 Å². The molecule has 19 heavy (non-hydrogen) atoms. The van der Waals surface area contributed by atoms with Crippen LogP contribution in [-0.2, 0) is 10.0 Å². The summed E-state index contributed by atoms with van der Waals surface area (Å²) in [6.07, 6.45) is 2.86. The Balaban J connectivity index is 1.65. The van der Waals surface area contributed by atoms with Gasteiger partial charge in [-0.1, -0.05) is 29.8 Å². The fraction of sp³-hybridized carbons (Fsp3) is 0.571. The lowest BCUT2D eigenvalue weighted by atomic mass is 9.76. The molecule has 0 atom stereocenters. The molecular formula is C14H22N2O2S. The Bertz CT molecular complexity index is 505. The summed E-state index contributed by atoms with van der Waals surface area (Å²) in [5.41, 5.74) is 2.70. The van der Waals surface area contributed by atoms with Crippen LogP contribution in [0, 0.1) is 6.92 Å². The minimum absolute atomic E-state index is 0.0636. The number of hydrogen-bond acceptors (Lipinski definition) is 3. The Morgan fingerprint density at radius 2 is 1.89 bits per heavy atom. The van der Waals surface area contributed by atoms with Gasteiger partial charge in [-0.2, -0.15) is 0 Å². The van der Waals surface area contributed by atoms with Gasteiger partial charge in [-0.15, -0.1) is 0 Å². The molecule has 0 aromatic heterocycles. The second-order valence-electron chi connectivity index (χ2n) is 5.45. The zero-order valence-corrected chi connectivity index (χ0v) is 12.1. The van der Waals surface area contributed by atoms with Gasteiger partial charge in [0.25, 0.3) is 0 Å². The van der Waals surface area contributed by atoms with E-state index in [2.05, 4.69) is 36.5 Å². The summed E-state index contributed by atoms with van der Waals surface area (Å²) in [6.45, 7) is 2.82.